The molecule has 2 atom stereocenters. The molecule has 114 valence electrons. The van der Waals surface area contributed by atoms with E-state index in [9.17, 15) is 14.0 Å². The summed E-state index contributed by atoms with van der Waals surface area (Å²) in [5.41, 5.74) is 0.428. The zero-order chi connectivity index (χ0) is 15.6. The van der Waals surface area contributed by atoms with E-state index in [0.29, 0.717) is 17.0 Å². The molecule has 0 unspecified atom stereocenters. The van der Waals surface area contributed by atoms with Crippen molar-refractivity contribution in [2.75, 3.05) is 13.6 Å². The predicted octanol–water partition coefficient (Wildman–Crippen LogP) is 2.45. The Morgan fingerprint density at radius 1 is 1.52 bits per heavy atom. The second kappa shape index (κ2) is 6.30. The van der Waals surface area contributed by atoms with E-state index >= 15 is 0 Å². The van der Waals surface area contributed by atoms with Gasteiger partial charge < -0.3 is 15.3 Å². The van der Waals surface area contributed by atoms with Crippen LogP contribution in [0.4, 0.5) is 9.18 Å². The number of rotatable bonds is 5. The van der Waals surface area contributed by atoms with Crippen LogP contribution in [0.2, 0.25) is 5.02 Å². The molecule has 1 aliphatic carbocycles. The van der Waals surface area contributed by atoms with Crippen LogP contribution in [0.25, 0.3) is 0 Å². The number of carbonyl (C=O) groups excluding carboxylic acids is 1. The van der Waals surface area contributed by atoms with Crippen LogP contribution in [0, 0.1) is 5.82 Å². The lowest BCUT2D eigenvalue weighted by atomic mass is 10.1. The maximum absolute atomic E-state index is 13.7. The second-order valence-electron chi connectivity index (χ2n) is 5.10. The number of nitrogens with one attached hydrogen (secondary N) is 1. The maximum Gasteiger partial charge on any atom is 0.317 e. The average molecular weight is 315 g/mol. The molecule has 0 heterocycles. The third kappa shape index (κ3) is 3.85. The molecule has 0 spiro atoms. The third-order valence-electron chi connectivity index (χ3n) is 3.48. The minimum absolute atomic E-state index is 0.114. The van der Waals surface area contributed by atoms with Gasteiger partial charge >= 0.3 is 12.0 Å². The Morgan fingerprint density at radius 3 is 2.86 bits per heavy atom. The zero-order valence-electron chi connectivity index (χ0n) is 11.5. The summed E-state index contributed by atoms with van der Waals surface area (Å²) in [5, 5.41) is 11.7. The number of benzene rings is 1. The first-order valence-corrected chi connectivity index (χ1v) is 6.95. The molecule has 2 rings (SSSR count). The molecular weight excluding hydrogens is 299 g/mol. The first kappa shape index (κ1) is 15.6. The molecule has 1 aromatic rings. The summed E-state index contributed by atoms with van der Waals surface area (Å²) in [6.45, 7) is 0.124. The number of carboxylic acids is 1. The smallest absolute Gasteiger partial charge is 0.317 e. The van der Waals surface area contributed by atoms with Gasteiger partial charge in [0.1, 0.15) is 5.82 Å². The van der Waals surface area contributed by atoms with Crippen molar-refractivity contribution >= 4 is 23.6 Å². The van der Waals surface area contributed by atoms with Gasteiger partial charge in [0.2, 0.25) is 0 Å². The normalized spacial score (nSPS) is 20.0. The maximum atomic E-state index is 13.7. The number of hydrogen-bond donors (Lipinski definition) is 2. The van der Waals surface area contributed by atoms with Gasteiger partial charge in [0, 0.05) is 36.1 Å². The summed E-state index contributed by atoms with van der Waals surface area (Å²) < 4.78 is 13.7. The third-order valence-corrected chi connectivity index (χ3v) is 3.81. The van der Waals surface area contributed by atoms with Crippen molar-refractivity contribution in [2.45, 2.75) is 24.8 Å². The number of nitrogens with zero attached hydrogens (tertiary/aromatic N) is 1. The number of carboxylic acid groups (broad SMARTS) is 1. The van der Waals surface area contributed by atoms with Gasteiger partial charge in [-0.1, -0.05) is 17.7 Å². The molecule has 2 N–H and O–H groups in total. The van der Waals surface area contributed by atoms with Crippen LogP contribution in [0.3, 0.4) is 0 Å². The van der Waals surface area contributed by atoms with Crippen LogP contribution in [-0.4, -0.2) is 41.6 Å². The Morgan fingerprint density at radius 2 is 2.24 bits per heavy atom. The van der Waals surface area contributed by atoms with Gasteiger partial charge in [-0.25, -0.2) is 9.18 Å². The van der Waals surface area contributed by atoms with Crippen LogP contribution in [0.5, 0.6) is 0 Å². The minimum Gasteiger partial charge on any atom is -0.481 e. The van der Waals surface area contributed by atoms with Crippen molar-refractivity contribution in [3.63, 3.8) is 0 Å². The summed E-state index contributed by atoms with van der Waals surface area (Å²) >= 11 is 5.99. The van der Waals surface area contributed by atoms with Gasteiger partial charge in [0.05, 0.1) is 6.42 Å². The molecule has 1 fully saturated rings. The fourth-order valence-electron chi connectivity index (χ4n) is 2.17. The van der Waals surface area contributed by atoms with Crippen molar-refractivity contribution in [2.24, 2.45) is 0 Å². The predicted molar refractivity (Wildman–Crippen MR) is 76.0 cm³/mol. The molecule has 0 radical (unpaired) electrons. The van der Waals surface area contributed by atoms with E-state index in [-0.39, 0.29) is 36.8 Å². The van der Waals surface area contributed by atoms with E-state index in [1.54, 1.807) is 6.07 Å². The van der Waals surface area contributed by atoms with Gasteiger partial charge in [0.25, 0.3) is 0 Å². The number of hydrogen-bond acceptors (Lipinski definition) is 2. The number of amides is 2. The largest absolute Gasteiger partial charge is 0.481 e. The van der Waals surface area contributed by atoms with Gasteiger partial charge in [-0.2, -0.15) is 0 Å². The van der Waals surface area contributed by atoms with E-state index in [4.69, 9.17) is 16.7 Å². The van der Waals surface area contributed by atoms with Crippen molar-refractivity contribution in [3.8, 4) is 0 Å². The van der Waals surface area contributed by atoms with Crippen molar-refractivity contribution < 1.29 is 19.1 Å². The summed E-state index contributed by atoms with van der Waals surface area (Å²) in [6, 6.07) is 3.97. The van der Waals surface area contributed by atoms with Crippen molar-refractivity contribution in [1.29, 1.82) is 0 Å². The fourth-order valence-corrected chi connectivity index (χ4v) is 2.48. The summed E-state index contributed by atoms with van der Waals surface area (Å²) in [5.74, 6) is -1.46. The molecule has 5 nitrogen and oxygen atoms in total. The topological polar surface area (TPSA) is 69.6 Å². The molecule has 0 bridgehead atoms. The summed E-state index contributed by atoms with van der Waals surface area (Å²) in [4.78, 5) is 23.6. The Hall–Kier alpha value is -1.82. The quantitative estimate of drug-likeness (QED) is 0.877. The molecule has 21 heavy (non-hydrogen) atoms. The van der Waals surface area contributed by atoms with Gasteiger partial charge in [0.15, 0.2) is 0 Å². The van der Waals surface area contributed by atoms with Crippen LogP contribution in [0.1, 0.15) is 24.3 Å². The lowest BCUT2D eigenvalue weighted by molar-refractivity contribution is -0.137. The number of aliphatic carboxylic acids is 1. The highest BCUT2D eigenvalue weighted by Gasteiger charge is 2.42. The molecule has 2 amide bonds. The van der Waals surface area contributed by atoms with Crippen LogP contribution < -0.4 is 5.32 Å². The lowest BCUT2D eigenvalue weighted by Crippen LogP contribution is -2.39. The first-order valence-electron chi connectivity index (χ1n) is 6.57. The summed E-state index contributed by atoms with van der Waals surface area (Å²) in [7, 11) is 1.52. The highest BCUT2D eigenvalue weighted by molar-refractivity contribution is 6.31. The van der Waals surface area contributed by atoms with Gasteiger partial charge in [-0.3, -0.25) is 4.79 Å². The van der Waals surface area contributed by atoms with E-state index < -0.39 is 5.97 Å². The van der Waals surface area contributed by atoms with Crippen LogP contribution in [-0.2, 0) is 4.79 Å². The molecular formula is C14H16ClFN2O3. The van der Waals surface area contributed by atoms with Gasteiger partial charge in [-0.15, -0.1) is 0 Å². The minimum atomic E-state index is -0.961. The number of urea groups is 1. The Kier molecular flexibility index (Phi) is 4.67. The van der Waals surface area contributed by atoms with E-state index in [1.165, 1.54) is 24.1 Å². The molecule has 7 heteroatoms. The highest BCUT2D eigenvalue weighted by Crippen LogP contribution is 2.44. The van der Waals surface area contributed by atoms with Crippen molar-refractivity contribution in [1.82, 2.24) is 10.2 Å². The molecule has 0 saturated heterocycles. The first-order chi connectivity index (χ1) is 9.90. The lowest BCUT2D eigenvalue weighted by Gasteiger charge is -2.17. The molecule has 0 aromatic heterocycles. The molecule has 0 aliphatic heterocycles. The number of halogens is 2. The number of carbonyl (C=O) groups is 2. The standard InChI is InChI=1S/C14H16ClFN2O3/c1-18(6-5-12(19)20)14(21)17-11-7-8(11)13-9(15)3-2-4-10(13)16/h2-4,8,11H,5-7H2,1H3,(H,17,21)(H,19,20)/t8-,11-/m1/s1. The molecule has 1 saturated carbocycles. The Balaban J connectivity index is 1.89. The Bertz CT molecular complexity index is 547. The molecule has 1 aromatic carbocycles. The summed E-state index contributed by atoms with van der Waals surface area (Å²) in [6.07, 6.45) is 0.510. The van der Waals surface area contributed by atoms with Crippen molar-refractivity contribution in [3.05, 3.63) is 34.6 Å². The van der Waals surface area contributed by atoms with E-state index in [0.717, 1.165) is 0 Å². The van der Waals surface area contributed by atoms with E-state index in [1.807, 2.05) is 0 Å². The Labute approximate surface area is 126 Å². The van der Waals surface area contributed by atoms with E-state index in [2.05, 4.69) is 5.32 Å². The fraction of sp³-hybridized carbons (Fsp3) is 0.429. The van der Waals surface area contributed by atoms with Gasteiger partial charge in [-0.05, 0) is 18.6 Å². The zero-order valence-corrected chi connectivity index (χ0v) is 12.2. The van der Waals surface area contributed by atoms with Crippen LogP contribution in [0.15, 0.2) is 18.2 Å². The second-order valence-corrected chi connectivity index (χ2v) is 5.51. The average Bonchev–Trinajstić information content (AvgIpc) is 3.14. The monoisotopic (exact) mass is 314 g/mol. The molecule has 1 aliphatic rings. The highest BCUT2D eigenvalue weighted by atomic mass is 35.5. The SMILES string of the molecule is CN(CCC(=O)O)C(=O)N[C@@H]1C[C@H]1c1c(F)cccc1Cl. The van der Waals surface area contributed by atoms with Crippen LogP contribution >= 0.6 is 11.6 Å².